The van der Waals surface area contributed by atoms with Gasteiger partial charge in [-0.3, -0.25) is 15.5 Å². The Kier molecular flexibility index (Phi) is 5.92. The third kappa shape index (κ3) is 4.87. The van der Waals surface area contributed by atoms with Gasteiger partial charge in [0.15, 0.2) is 0 Å². The molecule has 1 aliphatic carbocycles. The van der Waals surface area contributed by atoms with Crippen molar-refractivity contribution in [2.24, 2.45) is 5.92 Å². The van der Waals surface area contributed by atoms with E-state index in [9.17, 15) is 8.42 Å². The summed E-state index contributed by atoms with van der Waals surface area (Å²) < 4.78 is 23.4. The van der Waals surface area contributed by atoms with Crippen molar-refractivity contribution in [2.75, 3.05) is 32.4 Å². The molecule has 3 aliphatic rings. The van der Waals surface area contributed by atoms with Crippen LogP contribution in [0.25, 0.3) is 0 Å². The van der Waals surface area contributed by atoms with E-state index >= 15 is 0 Å². The third-order valence-corrected chi connectivity index (χ3v) is 7.11. The number of nitrogens with one attached hydrogen (secondary N) is 4. The van der Waals surface area contributed by atoms with Gasteiger partial charge in [-0.15, -0.1) is 0 Å². The van der Waals surface area contributed by atoms with Gasteiger partial charge in [-0.05, 0) is 38.0 Å². The smallest absolute Gasteiger partial charge is 0.150 e. The van der Waals surface area contributed by atoms with Crippen LogP contribution in [-0.4, -0.2) is 64.4 Å². The standard InChI is InChI=1S/C15H30N4O3S/c1-23(20,21)13-4-2-11(3-5-13)14-9-16-10-15(19-14)17-8-12-6-7-18-22-12/h11-19H,2-10H2,1H3. The zero-order valence-corrected chi connectivity index (χ0v) is 14.7. The summed E-state index contributed by atoms with van der Waals surface area (Å²) in [5.74, 6) is 0.564. The van der Waals surface area contributed by atoms with E-state index in [1.807, 2.05) is 0 Å². The largest absolute Gasteiger partial charge is 0.312 e. The highest BCUT2D eigenvalue weighted by Gasteiger charge is 2.34. The van der Waals surface area contributed by atoms with Crippen LogP contribution in [0.5, 0.6) is 0 Å². The van der Waals surface area contributed by atoms with Crippen molar-refractivity contribution in [3.8, 4) is 0 Å². The van der Waals surface area contributed by atoms with Crippen LogP contribution in [0.15, 0.2) is 0 Å². The molecular weight excluding hydrogens is 316 g/mol. The Hall–Kier alpha value is -0.250. The molecule has 2 heterocycles. The second-order valence-electron chi connectivity index (χ2n) is 7.18. The summed E-state index contributed by atoms with van der Waals surface area (Å²) in [5.41, 5.74) is 2.91. The second kappa shape index (κ2) is 7.76. The molecule has 3 rings (SSSR count). The van der Waals surface area contributed by atoms with Crippen LogP contribution < -0.4 is 21.4 Å². The highest BCUT2D eigenvalue weighted by atomic mass is 32.2. The summed E-state index contributed by atoms with van der Waals surface area (Å²) in [7, 11) is -2.88. The molecular formula is C15H30N4O3S. The topological polar surface area (TPSA) is 91.5 Å². The van der Waals surface area contributed by atoms with Crippen LogP contribution >= 0.6 is 0 Å². The molecule has 0 bridgehead atoms. The number of hydrogen-bond acceptors (Lipinski definition) is 7. The lowest BCUT2D eigenvalue weighted by atomic mass is 9.83. The molecule has 0 aromatic heterocycles. The monoisotopic (exact) mass is 346 g/mol. The van der Waals surface area contributed by atoms with Gasteiger partial charge in [-0.1, -0.05) is 0 Å². The molecule has 0 aromatic carbocycles. The first-order valence-electron chi connectivity index (χ1n) is 8.80. The third-order valence-electron chi connectivity index (χ3n) is 5.43. The van der Waals surface area contributed by atoms with E-state index in [4.69, 9.17) is 4.84 Å². The molecule has 1 saturated carbocycles. The zero-order chi connectivity index (χ0) is 16.3. The molecule has 2 saturated heterocycles. The lowest BCUT2D eigenvalue weighted by molar-refractivity contribution is 0.0314. The fourth-order valence-electron chi connectivity index (χ4n) is 3.99. The molecule has 3 atom stereocenters. The molecule has 3 fully saturated rings. The minimum Gasteiger partial charge on any atom is -0.312 e. The molecule has 0 spiro atoms. The average Bonchev–Trinajstić information content (AvgIpc) is 3.06. The van der Waals surface area contributed by atoms with Gasteiger partial charge in [0, 0.05) is 38.5 Å². The highest BCUT2D eigenvalue weighted by Crippen LogP contribution is 2.30. The van der Waals surface area contributed by atoms with Gasteiger partial charge in [0.05, 0.1) is 17.5 Å². The molecule has 0 aromatic rings. The molecule has 23 heavy (non-hydrogen) atoms. The predicted molar refractivity (Wildman–Crippen MR) is 89.7 cm³/mol. The zero-order valence-electron chi connectivity index (χ0n) is 13.9. The fourth-order valence-corrected chi connectivity index (χ4v) is 5.11. The predicted octanol–water partition coefficient (Wildman–Crippen LogP) is -0.640. The molecule has 4 N–H and O–H groups in total. The number of piperazine rings is 1. The Morgan fingerprint density at radius 2 is 1.91 bits per heavy atom. The first-order chi connectivity index (χ1) is 11.0. The van der Waals surface area contributed by atoms with Gasteiger partial charge in [0.2, 0.25) is 0 Å². The molecule has 134 valence electrons. The maximum Gasteiger partial charge on any atom is 0.150 e. The van der Waals surface area contributed by atoms with Crippen LogP contribution in [0.4, 0.5) is 0 Å². The summed E-state index contributed by atoms with van der Waals surface area (Å²) in [6, 6.07) is 0.421. The molecule has 0 radical (unpaired) electrons. The van der Waals surface area contributed by atoms with Gasteiger partial charge >= 0.3 is 0 Å². The molecule has 7 nitrogen and oxygen atoms in total. The summed E-state index contributed by atoms with van der Waals surface area (Å²) in [4.78, 5) is 5.41. The molecule has 0 amide bonds. The summed E-state index contributed by atoms with van der Waals surface area (Å²) in [6.45, 7) is 3.65. The lowest BCUT2D eigenvalue weighted by Gasteiger charge is -2.39. The lowest BCUT2D eigenvalue weighted by Crippen LogP contribution is -2.63. The maximum absolute atomic E-state index is 11.7. The quantitative estimate of drug-likeness (QED) is 0.526. The highest BCUT2D eigenvalue weighted by molar-refractivity contribution is 7.91. The van der Waals surface area contributed by atoms with Gasteiger partial charge in [-0.25, -0.2) is 13.9 Å². The van der Waals surface area contributed by atoms with Gasteiger partial charge < -0.3 is 5.32 Å². The van der Waals surface area contributed by atoms with Crippen LogP contribution in [0, 0.1) is 5.92 Å². The first kappa shape index (κ1) is 17.6. The van der Waals surface area contributed by atoms with E-state index in [1.165, 1.54) is 6.26 Å². The number of hydroxylamine groups is 1. The Morgan fingerprint density at radius 1 is 1.13 bits per heavy atom. The van der Waals surface area contributed by atoms with E-state index in [2.05, 4.69) is 21.4 Å². The van der Waals surface area contributed by atoms with Crippen molar-refractivity contribution in [1.82, 2.24) is 21.4 Å². The van der Waals surface area contributed by atoms with Gasteiger partial charge in [-0.2, -0.15) is 0 Å². The minimum atomic E-state index is -2.88. The van der Waals surface area contributed by atoms with E-state index < -0.39 is 9.84 Å². The van der Waals surface area contributed by atoms with Crippen LogP contribution in [-0.2, 0) is 14.7 Å². The Balaban J connectivity index is 1.43. The normalized spacial score (nSPS) is 39.4. The van der Waals surface area contributed by atoms with Crippen molar-refractivity contribution in [3.05, 3.63) is 0 Å². The molecule has 2 aliphatic heterocycles. The number of sulfone groups is 1. The van der Waals surface area contributed by atoms with E-state index in [0.717, 1.165) is 58.3 Å². The van der Waals surface area contributed by atoms with E-state index in [1.54, 1.807) is 0 Å². The van der Waals surface area contributed by atoms with E-state index in [-0.39, 0.29) is 17.5 Å². The number of hydrogen-bond donors (Lipinski definition) is 4. The minimum absolute atomic E-state index is 0.128. The fraction of sp³-hybridized carbons (Fsp3) is 1.00. The van der Waals surface area contributed by atoms with Crippen molar-refractivity contribution in [3.63, 3.8) is 0 Å². The van der Waals surface area contributed by atoms with E-state index in [0.29, 0.717) is 12.0 Å². The first-order valence-corrected chi connectivity index (χ1v) is 10.8. The van der Waals surface area contributed by atoms with Gasteiger partial charge in [0.25, 0.3) is 0 Å². The molecule has 8 heteroatoms. The van der Waals surface area contributed by atoms with Gasteiger partial charge in [0.1, 0.15) is 9.84 Å². The van der Waals surface area contributed by atoms with Crippen molar-refractivity contribution in [2.45, 2.75) is 55.7 Å². The SMILES string of the molecule is CS(=O)(=O)C1CCC(C2CNCC(NCC3CCNO3)N2)CC1. The number of rotatable bonds is 5. The Morgan fingerprint density at radius 3 is 2.57 bits per heavy atom. The maximum atomic E-state index is 11.7. The summed E-state index contributed by atoms with van der Waals surface area (Å²) in [5, 5.41) is 10.6. The summed E-state index contributed by atoms with van der Waals surface area (Å²) >= 11 is 0. The summed E-state index contributed by atoms with van der Waals surface area (Å²) in [6.07, 6.45) is 6.54. The second-order valence-corrected chi connectivity index (χ2v) is 9.51. The average molecular weight is 346 g/mol. The Bertz CT molecular complexity index is 473. The molecule has 3 unspecified atom stereocenters. The van der Waals surface area contributed by atoms with Crippen molar-refractivity contribution < 1.29 is 13.3 Å². The van der Waals surface area contributed by atoms with Crippen molar-refractivity contribution in [1.29, 1.82) is 0 Å². The van der Waals surface area contributed by atoms with Crippen LogP contribution in [0.3, 0.4) is 0 Å². The van der Waals surface area contributed by atoms with Crippen LogP contribution in [0.2, 0.25) is 0 Å². The van der Waals surface area contributed by atoms with Crippen LogP contribution in [0.1, 0.15) is 32.1 Å². The Labute approximate surface area is 139 Å². The van der Waals surface area contributed by atoms with Crippen molar-refractivity contribution >= 4 is 9.84 Å².